The number of thioether (sulfide) groups is 1. The number of aromatic amines is 1. The third-order valence-corrected chi connectivity index (χ3v) is 4.41. The van der Waals surface area contributed by atoms with Gasteiger partial charge in [-0.3, -0.25) is 4.79 Å². The summed E-state index contributed by atoms with van der Waals surface area (Å²) in [6.45, 7) is 0.576. The van der Waals surface area contributed by atoms with Crippen molar-refractivity contribution in [2.24, 2.45) is 0 Å². The van der Waals surface area contributed by atoms with Crippen LogP contribution in [0.5, 0.6) is 5.75 Å². The first kappa shape index (κ1) is 17.8. The van der Waals surface area contributed by atoms with Crippen LogP contribution in [0.25, 0.3) is 11.3 Å². The molecule has 0 spiro atoms. The van der Waals surface area contributed by atoms with Gasteiger partial charge in [-0.15, -0.1) is 0 Å². The van der Waals surface area contributed by atoms with Crippen LogP contribution < -0.4 is 10.3 Å². The number of nitrogens with zero attached hydrogens (tertiary/aromatic N) is 2. The normalized spacial score (nSPS) is 10.3. The van der Waals surface area contributed by atoms with Crippen molar-refractivity contribution in [1.29, 1.82) is 5.26 Å². The summed E-state index contributed by atoms with van der Waals surface area (Å²) in [6, 6.07) is 19.3. The predicted octanol–water partition coefficient (Wildman–Crippen LogP) is 3.65. The van der Waals surface area contributed by atoms with Crippen molar-refractivity contribution < 1.29 is 4.74 Å². The molecule has 6 heteroatoms. The van der Waals surface area contributed by atoms with Gasteiger partial charge in [-0.25, -0.2) is 4.98 Å². The van der Waals surface area contributed by atoms with Gasteiger partial charge in [0.1, 0.15) is 17.4 Å². The van der Waals surface area contributed by atoms with Gasteiger partial charge in [-0.05, 0) is 36.1 Å². The van der Waals surface area contributed by atoms with Crippen LogP contribution in [0.4, 0.5) is 0 Å². The molecular weight excluding hydrogens is 346 g/mol. The fraction of sp³-hybridized carbons (Fsp3) is 0.150. The van der Waals surface area contributed by atoms with Crippen molar-refractivity contribution in [3.05, 3.63) is 76.1 Å². The molecule has 0 bridgehead atoms. The van der Waals surface area contributed by atoms with Gasteiger partial charge >= 0.3 is 0 Å². The lowest BCUT2D eigenvalue weighted by molar-refractivity contribution is 0.322. The molecule has 1 N–H and O–H groups in total. The van der Waals surface area contributed by atoms with E-state index in [1.54, 1.807) is 0 Å². The fourth-order valence-corrected chi connectivity index (χ4v) is 2.88. The minimum Gasteiger partial charge on any atom is -0.493 e. The third kappa shape index (κ3) is 4.13. The number of aromatic nitrogens is 2. The number of nitriles is 1. The zero-order chi connectivity index (χ0) is 18.4. The largest absolute Gasteiger partial charge is 0.493 e. The first-order valence-electron chi connectivity index (χ1n) is 8.07. The molecule has 0 aliphatic carbocycles. The van der Waals surface area contributed by atoms with E-state index in [0.29, 0.717) is 23.0 Å². The summed E-state index contributed by atoms with van der Waals surface area (Å²) in [5.74, 6) is 0.734. The van der Waals surface area contributed by atoms with E-state index in [2.05, 4.69) is 22.1 Å². The molecule has 1 heterocycles. The Morgan fingerprint density at radius 3 is 2.54 bits per heavy atom. The molecule has 1 aromatic heterocycles. The van der Waals surface area contributed by atoms with Crippen LogP contribution in [-0.4, -0.2) is 22.8 Å². The van der Waals surface area contributed by atoms with Crippen molar-refractivity contribution in [3.8, 4) is 23.1 Å². The van der Waals surface area contributed by atoms with E-state index in [4.69, 9.17) is 4.74 Å². The highest BCUT2D eigenvalue weighted by Crippen LogP contribution is 2.23. The second-order valence-electron chi connectivity index (χ2n) is 5.52. The van der Waals surface area contributed by atoms with Gasteiger partial charge in [0.05, 0.1) is 12.3 Å². The predicted molar refractivity (Wildman–Crippen MR) is 102 cm³/mol. The van der Waals surface area contributed by atoms with Gasteiger partial charge in [0.25, 0.3) is 5.56 Å². The molecule has 0 aliphatic heterocycles. The lowest BCUT2D eigenvalue weighted by Gasteiger charge is -2.08. The molecule has 0 aliphatic rings. The number of hydrogen-bond acceptors (Lipinski definition) is 5. The molecule has 0 saturated carbocycles. The minimum absolute atomic E-state index is 0.0144. The van der Waals surface area contributed by atoms with Crippen LogP contribution in [-0.2, 0) is 6.42 Å². The zero-order valence-corrected chi connectivity index (χ0v) is 15.0. The van der Waals surface area contributed by atoms with E-state index in [1.165, 1.54) is 17.3 Å². The number of ether oxygens (including phenoxy) is 1. The summed E-state index contributed by atoms with van der Waals surface area (Å²) < 4.78 is 5.77. The number of nitrogens with one attached hydrogen (secondary N) is 1. The van der Waals surface area contributed by atoms with Crippen molar-refractivity contribution in [3.63, 3.8) is 0 Å². The molecule has 0 saturated heterocycles. The van der Waals surface area contributed by atoms with Crippen molar-refractivity contribution >= 4 is 11.8 Å². The van der Waals surface area contributed by atoms with Crippen LogP contribution >= 0.6 is 11.8 Å². The topological polar surface area (TPSA) is 78.8 Å². The standard InChI is InChI=1S/C20H17N3O2S/c1-26-20-22-18(17(13-21)19(24)23-20)15-7-9-16(10-8-15)25-12-11-14-5-3-2-4-6-14/h2-10H,11-12H2,1H3,(H,22,23,24). The van der Waals surface area contributed by atoms with Crippen LogP contribution in [0.15, 0.2) is 64.5 Å². The molecule has 2 aromatic carbocycles. The van der Waals surface area contributed by atoms with Crippen molar-refractivity contribution in [1.82, 2.24) is 9.97 Å². The highest BCUT2D eigenvalue weighted by Gasteiger charge is 2.13. The van der Waals surface area contributed by atoms with Crippen LogP contribution in [0, 0.1) is 11.3 Å². The molecular formula is C20H17N3O2S. The van der Waals surface area contributed by atoms with E-state index in [9.17, 15) is 10.1 Å². The Kier molecular flexibility index (Phi) is 5.72. The summed E-state index contributed by atoms with van der Waals surface area (Å²) in [5.41, 5.74) is 1.90. The van der Waals surface area contributed by atoms with Gasteiger partial charge in [0.2, 0.25) is 0 Å². The minimum atomic E-state index is -0.426. The quantitative estimate of drug-likeness (QED) is 0.534. The Balaban J connectivity index is 1.75. The molecule has 0 radical (unpaired) electrons. The maximum absolute atomic E-state index is 12.0. The summed E-state index contributed by atoms with van der Waals surface area (Å²) >= 11 is 1.32. The van der Waals surface area contributed by atoms with Crippen LogP contribution in [0.1, 0.15) is 11.1 Å². The van der Waals surface area contributed by atoms with Gasteiger partial charge in [-0.1, -0.05) is 42.1 Å². The number of H-pyrrole nitrogens is 1. The molecule has 3 aromatic rings. The maximum atomic E-state index is 12.0. The Morgan fingerprint density at radius 2 is 1.88 bits per heavy atom. The lowest BCUT2D eigenvalue weighted by Crippen LogP contribution is -2.14. The van der Waals surface area contributed by atoms with E-state index >= 15 is 0 Å². The molecule has 5 nitrogen and oxygen atoms in total. The Morgan fingerprint density at radius 1 is 1.15 bits per heavy atom. The molecule has 0 unspecified atom stereocenters. The monoisotopic (exact) mass is 363 g/mol. The molecule has 130 valence electrons. The van der Waals surface area contributed by atoms with E-state index < -0.39 is 5.56 Å². The summed E-state index contributed by atoms with van der Waals surface area (Å²) in [4.78, 5) is 19.0. The third-order valence-electron chi connectivity index (χ3n) is 3.83. The molecule has 0 atom stereocenters. The van der Waals surface area contributed by atoms with Crippen LogP contribution in [0.2, 0.25) is 0 Å². The summed E-state index contributed by atoms with van der Waals surface area (Å²) in [5, 5.41) is 9.74. The summed E-state index contributed by atoms with van der Waals surface area (Å²) in [7, 11) is 0. The van der Waals surface area contributed by atoms with E-state index in [-0.39, 0.29) is 5.56 Å². The number of benzene rings is 2. The van der Waals surface area contributed by atoms with Gasteiger partial charge in [0.15, 0.2) is 5.16 Å². The lowest BCUT2D eigenvalue weighted by atomic mass is 10.1. The Labute approximate surface area is 155 Å². The van der Waals surface area contributed by atoms with E-state index in [1.807, 2.05) is 54.8 Å². The highest BCUT2D eigenvalue weighted by molar-refractivity contribution is 7.98. The number of hydrogen-bond donors (Lipinski definition) is 1. The fourth-order valence-electron chi connectivity index (χ4n) is 2.50. The number of rotatable bonds is 6. The van der Waals surface area contributed by atoms with Gasteiger partial charge in [0, 0.05) is 12.0 Å². The van der Waals surface area contributed by atoms with Crippen LogP contribution in [0.3, 0.4) is 0 Å². The van der Waals surface area contributed by atoms with Gasteiger partial charge in [-0.2, -0.15) is 5.26 Å². The SMILES string of the molecule is CSc1nc(-c2ccc(OCCc3ccccc3)cc2)c(C#N)c(=O)[nH]1. The molecule has 3 rings (SSSR count). The summed E-state index contributed by atoms with van der Waals surface area (Å²) in [6.07, 6.45) is 2.64. The van der Waals surface area contributed by atoms with Gasteiger partial charge < -0.3 is 9.72 Å². The first-order chi connectivity index (χ1) is 12.7. The van der Waals surface area contributed by atoms with Crippen molar-refractivity contribution in [2.75, 3.05) is 12.9 Å². The zero-order valence-electron chi connectivity index (χ0n) is 14.2. The first-order valence-corrected chi connectivity index (χ1v) is 9.29. The molecule has 0 amide bonds. The second kappa shape index (κ2) is 8.37. The smallest absolute Gasteiger partial charge is 0.270 e. The average Bonchev–Trinajstić information content (AvgIpc) is 2.68. The Bertz CT molecular complexity index is 977. The molecule has 26 heavy (non-hydrogen) atoms. The highest BCUT2D eigenvalue weighted by atomic mass is 32.2. The second-order valence-corrected chi connectivity index (χ2v) is 6.31. The molecule has 0 fully saturated rings. The Hall–Kier alpha value is -3.04. The van der Waals surface area contributed by atoms with E-state index in [0.717, 1.165) is 12.2 Å². The average molecular weight is 363 g/mol. The maximum Gasteiger partial charge on any atom is 0.270 e. The van der Waals surface area contributed by atoms with Crippen molar-refractivity contribution in [2.45, 2.75) is 11.6 Å².